The largest absolute Gasteiger partial charge is 0.333 e. The quantitative estimate of drug-likeness (QED) is 0.431. The fourth-order valence-corrected chi connectivity index (χ4v) is 1.24. The van der Waals surface area contributed by atoms with Crippen LogP contribution in [0, 0.1) is 0 Å². The van der Waals surface area contributed by atoms with E-state index in [4.69, 9.17) is 0 Å². The summed E-state index contributed by atoms with van der Waals surface area (Å²) in [7, 11) is -7.67. The summed E-state index contributed by atoms with van der Waals surface area (Å²) in [6.07, 6.45) is 0.160. The van der Waals surface area contributed by atoms with Gasteiger partial charge < -0.3 is 0 Å². The molecule has 0 atom stereocenters. The summed E-state index contributed by atoms with van der Waals surface area (Å²) in [4.78, 5) is 0. The molecule has 0 saturated carbocycles. The molecule has 0 radical (unpaired) electrons. The molecule has 0 aromatic carbocycles. The lowest BCUT2D eigenvalue weighted by molar-refractivity contribution is 0.313. The van der Waals surface area contributed by atoms with Gasteiger partial charge in [0.2, 0.25) is 0 Å². The lowest BCUT2D eigenvalue weighted by atomic mass is 10.5. The second kappa shape index (κ2) is 4.83. The molecule has 0 aliphatic rings. The van der Waals surface area contributed by atoms with Gasteiger partial charge in [-0.2, -0.15) is 16.8 Å². The molecule has 0 aromatic rings. The van der Waals surface area contributed by atoms with Gasteiger partial charge in [-0.1, -0.05) is 0 Å². The maximum absolute atomic E-state index is 10.3. The Morgan fingerprint density at radius 3 is 2.08 bits per heavy atom. The highest BCUT2D eigenvalue weighted by Crippen LogP contribution is 1.85. The minimum absolute atomic E-state index is 0.00560. The Hall–Kier alpha value is -0.260. The van der Waals surface area contributed by atoms with Crippen LogP contribution in [0.3, 0.4) is 0 Å². The molecule has 13 heavy (non-hydrogen) atoms. The van der Waals surface area contributed by atoms with Crippen molar-refractivity contribution in [2.24, 2.45) is 10.3 Å². The van der Waals surface area contributed by atoms with Crippen LogP contribution in [0.1, 0.15) is 6.42 Å². The van der Waals surface area contributed by atoms with Crippen LogP contribution in [-0.2, 0) is 24.7 Å². The van der Waals surface area contributed by atoms with Crippen LogP contribution >= 0.6 is 0 Å². The second-order valence-corrected chi connectivity index (χ2v) is 4.71. The molecule has 0 aromatic heterocycles. The van der Waals surface area contributed by atoms with Crippen molar-refractivity contribution in [2.45, 2.75) is 6.42 Å². The van der Waals surface area contributed by atoms with Gasteiger partial charge in [0.05, 0.1) is 6.61 Å². The summed E-state index contributed by atoms with van der Waals surface area (Å²) in [5, 5.41) is 9.07. The molecule has 0 amide bonds. The molecule has 8 nitrogen and oxygen atoms in total. The fourth-order valence-electron chi connectivity index (χ4n) is 0.462. The third-order valence-electron chi connectivity index (χ3n) is 0.872. The predicted molar refractivity (Wildman–Crippen MR) is 44.8 cm³/mol. The number of hydrogen-bond acceptors (Lipinski definition) is 5. The van der Waals surface area contributed by atoms with E-state index in [-0.39, 0.29) is 19.6 Å². The molecule has 0 heterocycles. The Labute approximate surface area is 76.7 Å². The van der Waals surface area contributed by atoms with Gasteiger partial charge in [-0.15, -0.1) is 0 Å². The van der Waals surface area contributed by atoms with Crippen LogP contribution in [0.4, 0.5) is 0 Å². The van der Waals surface area contributed by atoms with Gasteiger partial charge in [-0.05, 0) is 6.42 Å². The van der Waals surface area contributed by atoms with E-state index in [1.54, 1.807) is 0 Å². The molecule has 0 aliphatic carbocycles. The summed E-state index contributed by atoms with van der Waals surface area (Å²) in [6.45, 7) is -0.199. The topological polar surface area (TPSA) is 142 Å². The van der Waals surface area contributed by atoms with Crippen LogP contribution in [0.25, 0.3) is 0 Å². The minimum Gasteiger partial charge on any atom is -0.258 e. The molecular weight excluding hydrogens is 222 g/mol. The highest BCUT2D eigenvalue weighted by atomic mass is 32.2. The summed E-state index contributed by atoms with van der Waals surface area (Å²) in [5.41, 5.74) is 0. The van der Waals surface area contributed by atoms with E-state index in [1.807, 2.05) is 4.72 Å². The van der Waals surface area contributed by atoms with Crippen LogP contribution in [0.2, 0.25) is 0 Å². The average Bonchev–Trinajstić information content (AvgIpc) is 1.81. The van der Waals surface area contributed by atoms with Crippen molar-refractivity contribution in [3.05, 3.63) is 0 Å². The van der Waals surface area contributed by atoms with Gasteiger partial charge in [0.25, 0.3) is 10.2 Å². The Kier molecular flexibility index (Phi) is 4.74. The molecule has 0 saturated heterocycles. The summed E-state index contributed by atoms with van der Waals surface area (Å²) in [5.74, 6) is 0. The van der Waals surface area contributed by atoms with Crippen molar-refractivity contribution < 1.29 is 21.0 Å². The average molecular weight is 233 g/mol. The van der Waals surface area contributed by atoms with Crippen LogP contribution in [-0.4, -0.2) is 30.0 Å². The zero-order chi connectivity index (χ0) is 10.5. The first-order chi connectivity index (χ1) is 5.71. The second-order valence-electron chi connectivity index (χ2n) is 2.11. The van der Waals surface area contributed by atoms with E-state index in [1.165, 1.54) is 0 Å². The number of hydrogen-bond donors (Lipinski definition) is 3. The van der Waals surface area contributed by atoms with Crippen molar-refractivity contribution in [3.8, 4) is 0 Å². The molecule has 0 aliphatic heterocycles. The zero-order valence-electron chi connectivity index (χ0n) is 6.63. The first kappa shape index (κ1) is 12.7. The van der Waals surface area contributed by atoms with Crippen molar-refractivity contribution in [3.63, 3.8) is 0 Å². The fraction of sp³-hybridized carbons (Fsp3) is 1.00. The van der Waals surface area contributed by atoms with Crippen molar-refractivity contribution in [1.82, 2.24) is 4.72 Å². The third kappa shape index (κ3) is 11.7. The Bertz CT molecular complexity index is 298. The van der Waals surface area contributed by atoms with E-state index in [9.17, 15) is 16.8 Å². The molecule has 10 heteroatoms. The SMILES string of the molecule is NS(=O)(=O)NCCCOS(N)(=O)=O. The lowest BCUT2D eigenvalue weighted by Crippen LogP contribution is -2.32. The van der Waals surface area contributed by atoms with Crippen LogP contribution < -0.4 is 15.0 Å². The van der Waals surface area contributed by atoms with Crippen LogP contribution in [0.5, 0.6) is 0 Å². The summed E-state index contributed by atoms with van der Waals surface area (Å²) >= 11 is 0. The van der Waals surface area contributed by atoms with Crippen molar-refractivity contribution in [1.29, 1.82) is 0 Å². The van der Waals surface area contributed by atoms with Crippen molar-refractivity contribution in [2.75, 3.05) is 13.2 Å². The summed E-state index contributed by atoms with van der Waals surface area (Å²) < 4.78 is 47.0. The van der Waals surface area contributed by atoms with E-state index < -0.39 is 20.5 Å². The van der Waals surface area contributed by atoms with Crippen LogP contribution in [0.15, 0.2) is 0 Å². The standard InChI is InChI=1S/C3H11N3O5S2/c4-12(7,8)6-2-1-3-11-13(5,9)10/h6H,1-3H2,(H2,4,7,8)(H2,5,9,10). The highest BCUT2D eigenvalue weighted by molar-refractivity contribution is 7.87. The van der Waals surface area contributed by atoms with Gasteiger partial charge >= 0.3 is 10.3 Å². The summed E-state index contributed by atoms with van der Waals surface area (Å²) in [6, 6.07) is 0. The first-order valence-corrected chi connectivity index (χ1v) is 6.17. The van der Waals surface area contributed by atoms with E-state index >= 15 is 0 Å². The van der Waals surface area contributed by atoms with Gasteiger partial charge in [-0.3, -0.25) is 4.18 Å². The van der Waals surface area contributed by atoms with E-state index in [2.05, 4.69) is 14.5 Å². The molecule has 0 unspecified atom stereocenters. The smallest absolute Gasteiger partial charge is 0.258 e. The molecule has 80 valence electrons. The molecule has 0 bridgehead atoms. The number of rotatable bonds is 6. The van der Waals surface area contributed by atoms with Gasteiger partial charge in [0.15, 0.2) is 0 Å². The normalized spacial score (nSPS) is 13.1. The lowest BCUT2D eigenvalue weighted by Gasteiger charge is -2.01. The molecule has 0 rings (SSSR count). The molecule has 0 fully saturated rings. The zero-order valence-corrected chi connectivity index (χ0v) is 8.27. The number of nitrogens with one attached hydrogen (secondary N) is 1. The molecule has 5 N–H and O–H groups in total. The van der Waals surface area contributed by atoms with Gasteiger partial charge in [-0.25, -0.2) is 15.0 Å². The minimum atomic E-state index is -3.95. The first-order valence-electron chi connectivity index (χ1n) is 3.15. The Morgan fingerprint density at radius 1 is 1.15 bits per heavy atom. The van der Waals surface area contributed by atoms with Gasteiger partial charge in [0.1, 0.15) is 0 Å². The third-order valence-corrected chi connectivity index (χ3v) is 1.97. The Morgan fingerprint density at radius 2 is 1.69 bits per heavy atom. The van der Waals surface area contributed by atoms with E-state index in [0.29, 0.717) is 0 Å². The predicted octanol–water partition coefficient (Wildman–Crippen LogP) is -2.61. The Balaban J connectivity index is 3.50. The maximum atomic E-state index is 10.3. The maximum Gasteiger partial charge on any atom is 0.333 e. The van der Waals surface area contributed by atoms with E-state index in [0.717, 1.165) is 0 Å². The number of nitrogens with two attached hydrogens (primary N) is 2. The molecule has 0 spiro atoms. The van der Waals surface area contributed by atoms with Gasteiger partial charge in [0, 0.05) is 6.54 Å². The monoisotopic (exact) mass is 233 g/mol. The van der Waals surface area contributed by atoms with Crippen molar-refractivity contribution >= 4 is 20.5 Å². The highest BCUT2D eigenvalue weighted by Gasteiger charge is 2.02. The molecular formula is C3H11N3O5S2.